The van der Waals surface area contributed by atoms with Crippen LogP contribution >= 0.6 is 0 Å². The zero-order chi connectivity index (χ0) is 18.1. The molecule has 2 aliphatic heterocycles. The zero-order valence-corrected chi connectivity index (χ0v) is 15.3. The molecule has 1 amide bonds. The predicted molar refractivity (Wildman–Crippen MR) is 105 cm³/mol. The summed E-state index contributed by atoms with van der Waals surface area (Å²) in [7, 11) is 2.14. The Balaban J connectivity index is 1.46. The second-order valence-electron chi connectivity index (χ2n) is 7.10. The van der Waals surface area contributed by atoms with Crippen LogP contribution in [-0.4, -0.2) is 55.6 Å². The number of piperazine rings is 1. The summed E-state index contributed by atoms with van der Waals surface area (Å²) < 4.78 is 0. The number of nitrogens with one attached hydrogen (secondary N) is 2. The molecule has 6 heteroatoms. The number of pyridine rings is 1. The first kappa shape index (κ1) is 16.8. The molecule has 1 atom stereocenters. The second-order valence-corrected chi connectivity index (χ2v) is 7.10. The number of fused-ring (bicyclic) bond motifs is 1. The smallest absolute Gasteiger partial charge is 0.233 e. The Morgan fingerprint density at radius 3 is 2.69 bits per heavy atom. The van der Waals surface area contributed by atoms with Crippen LogP contribution in [0, 0.1) is 6.92 Å². The number of nitrogens with zero attached hydrogens (tertiary/aromatic N) is 3. The molecule has 0 radical (unpaired) electrons. The number of likely N-dealkylation sites (N-methyl/N-ethyl adjacent to an activating group) is 1. The first-order valence-electron chi connectivity index (χ1n) is 9.16. The van der Waals surface area contributed by atoms with E-state index < -0.39 is 0 Å². The van der Waals surface area contributed by atoms with Gasteiger partial charge in [-0.15, -0.1) is 0 Å². The Hall–Kier alpha value is -2.60. The highest BCUT2D eigenvalue weighted by atomic mass is 16.1. The number of para-hydroxylation sites is 1. The van der Waals surface area contributed by atoms with Crippen LogP contribution in [0.15, 0.2) is 36.4 Å². The summed E-state index contributed by atoms with van der Waals surface area (Å²) in [5.41, 5.74) is 3.75. The summed E-state index contributed by atoms with van der Waals surface area (Å²) in [5, 5.41) is 6.36. The van der Waals surface area contributed by atoms with Crippen LogP contribution in [-0.2, 0) is 4.79 Å². The highest BCUT2D eigenvalue weighted by molar-refractivity contribution is 5.98. The van der Waals surface area contributed by atoms with E-state index in [4.69, 9.17) is 4.98 Å². The third-order valence-corrected chi connectivity index (χ3v) is 5.31. The van der Waals surface area contributed by atoms with Crippen LogP contribution < -0.4 is 15.5 Å². The Bertz CT molecular complexity index is 814. The van der Waals surface area contributed by atoms with E-state index >= 15 is 0 Å². The van der Waals surface area contributed by atoms with Crippen molar-refractivity contribution in [1.29, 1.82) is 0 Å². The van der Waals surface area contributed by atoms with E-state index in [1.54, 1.807) is 0 Å². The Labute approximate surface area is 154 Å². The fraction of sp³-hybridized carbons (Fsp3) is 0.400. The van der Waals surface area contributed by atoms with E-state index in [-0.39, 0.29) is 11.8 Å². The number of aryl methyl sites for hydroxylation is 1. The van der Waals surface area contributed by atoms with Gasteiger partial charge in [0.2, 0.25) is 5.91 Å². The summed E-state index contributed by atoms with van der Waals surface area (Å²) >= 11 is 0. The largest absolute Gasteiger partial charge is 0.384 e. The van der Waals surface area contributed by atoms with Gasteiger partial charge >= 0.3 is 0 Å². The molecule has 2 aliphatic rings. The third kappa shape index (κ3) is 3.24. The zero-order valence-electron chi connectivity index (χ0n) is 15.3. The molecule has 0 spiro atoms. The number of amides is 1. The van der Waals surface area contributed by atoms with Crippen LogP contribution in [0.5, 0.6) is 0 Å². The van der Waals surface area contributed by atoms with Crippen molar-refractivity contribution >= 4 is 23.1 Å². The molecule has 2 aromatic rings. The quantitative estimate of drug-likeness (QED) is 0.888. The molecular weight excluding hydrogens is 326 g/mol. The van der Waals surface area contributed by atoms with E-state index in [9.17, 15) is 4.79 Å². The van der Waals surface area contributed by atoms with Crippen LogP contribution in [0.2, 0.25) is 0 Å². The summed E-state index contributed by atoms with van der Waals surface area (Å²) in [4.78, 5) is 22.1. The maximum absolute atomic E-state index is 12.8. The molecule has 0 saturated carbocycles. The van der Waals surface area contributed by atoms with Crippen molar-refractivity contribution in [2.75, 3.05) is 55.3 Å². The number of hydrogen-bond donors (Lipinski definition) is 2. The molecule has 4 rings (SSSR count). The van der Waals surface area contributed by atoms with Crippen molar-refractivity contribution in [1.82, 2.24) is 9.88 Å². The number of carbonyl (C=O) groups excluding carboxylic acids is 1. The lowest BCUT2D eigenvalue weighted by Gasteiger charge is -2.33. The van der Waals surface area contributed by atoms with Gasteiger partial charge in [0.1, 0.15) is 5.82 Å². The highest BCUT2D eigenvalue weighted by Crippen LogP contribution is 2.32. The maximum Gasteiger partial charge on any atom is 0.233 e. The first-order valence-corrected chi connectivity index (χ1v) is 9.16. The average Bonchev–Trinajstić information content (AvgIpc) is 3.08. The van der Waals surface area contributed by atoms with Gasteiger partial charge in [-0.3, -0.25) is 4.79 Å². The van der Waals surface area contributed by atoms with Gasteiger partial charge in [0.15, 0.2) is 0 Å². The lowest BCUT2D eigenvalue weighted by molar-refractivity contribution is -0.117. The Morgan fingerprint density at radius 1 is 1.15 bits per heavy atom. The second kappa shape index (κ2) is 6.96. The number of rotatable bonds is 3. The Morgan fingerprint density at radius 2 is 1.92 bits per heavy atom. The lowest BCUT2D eigenvalue weighted by atomic mass is 10.0. The van der Waals surface area contributed by atoms with E-state index in [0.29, 0.717) is 6.54 Å². The first-order chi connectivity index (χ1) is 12.6. The molecular formula is C20H25N5O. The van der Waals surface area contributed by atoms with Crippen LogP contribution in [0.4, 0.5) is 17.2 Å². The standard InChI is InChI=1S/C20H25N5O/c1-14-17(7-8-19(22-14)25-11-9-24(2)10-12-25)23-20(26)16-13-21-18-6-4-3-5-15(16)18/h3-8,16,21H,9-13H2,1-2H3,(H,23,26). The number of benzene rings is 1. The SMILES string of the molecule is Cc1nc(N2CCN(C)CC2)ccc1NC(=O)C1CNc2ccccc21. The normalized spacial score (nSPS) is 19.8. The highest BCUT2D eigenvalue weighted by Gasteiger charge is 2.28. The van der Waals surface area contributed by atoms with Gasteiger partial charge in [-0.2, -0.15) is 0 Å². The van der Waals surface area contributed by atoms with Gasteiger partial charge in [0, 0.05) is 38.4 Å². The topological polar surface area (TPSA) is 60.5 Å². The summed E-state index contributed by atoms with van der Waals surface area (Å²) in [6, 6.07) is 12.0. The fourth-order valence-corrected chi connectivity index (χ4v) is 3.63. The number of hydrogen-bond acceptors (Lipinski definition) is 5. The molecule has 136 valence electrons. The molecule has 1 saturated heterocycles. The van der Waals surface area contributed by atoms with Gasteiger partial charge in [0.25, 0.3) is 0 Å². The molecule has 1 fully saturated rings. The Kier molecular flexibility index (Phi) is 4.51. The van der Waals surface area contributed by atoms with Gasteiger partial charge in [-0.1, -0.05) is 18.2 Å². The van der Waals surface area contributed by atoms with Crippen molar-refractivity contribution in [3.63, 3.8) is 0 Å². The predicted octanol–water partition coefficient (Wildman–Crippen LogP) is 2.29. The van der Waals surface area contributed by atoms with E-state index in [1.807, 2.05) is 43.3 Å². The lowest BCUT2D eigenvalue weighted by Crippen LogP contribution is -2.44. The summed E-state index contributed by atoms with van der Waals surface area (Å²) in [6.07, 6.45) is 0. The number of anilines is 3. The van der Waals surface area contributed by atoms with E-state index in [2.05, 4.69) is 27.5 Å². The van der Waals surface area contributed by atoms with Gasteiger partial charge in [0.05, 0.1) is 17.3 Å². The van der Waals surface area contributed by atoms with E-state index in [0.717, 1.165) is 54.6 Å². The van der Waals surface area contributed by atoms with Crippen molar-refractivity contribution in [2.45, 2.75) is 12.8 Å². The molecule has 6 nitrogen and oxygen atoms in total. The van der Waals surface area contributed by atoms with Crippen molar-refractivity contribution in [3.05, 3.63) is 47.7 Å². The van der Waals surface area contributed by atoms with Gasteiger partial charge in [-0.25, -0.2) is 4.98 Å². The maximum atomic E-state index is 12.8. The minimum Gasteiger partial charge on any atom is -0.384 e. The van der Waals surface area contributed by atoms with Crippen LogP contribution in [0.1, 0.15) is 17.2 Å². The molecule has 0 aliphatic carbocycles. The monoisotopic (exact) mass is 351 g/mol. The molecule has 2 N–H and O–H groups in total. The summed E-state index contributed by atoms with van der Waals surface area (Å²) in [5.74, 6) is 0.837. The van der Waals surface area contributed by atoms with Crippen molar-refractivity contribution < 1.29 is 4.79 Å². The fourth-order valence-electron chi connectivity index (χ4n) is 3.63. The molecule has 1 unspecified atom stereocenters. The molecule has 3 heterocycles. The number of carbonyl (C=O) groups is 1. The minimum absolute atomic E-state index is 0.0136. The molecule has 1 aromatic heterocycles. The number of aromatic nitrogens is 1. The molecule has 1 aromatic carbocycles. The summed E-state index contributed by atoms with van der Waals surface area (Å²) in [6.45, 7) is 6.66. The van der Waals surface area contributed by atoms with E-state index in [1.165, 1.54) is 0 Å². The van der Waals surface area contributed by atoms with Crippen molar-refractivity contribution in [2.24, 2.45) is 0 Å². The molecule has 26 heavy (non-hydrogen) atoms. The molecule has 0 bridgehead atoms. The van der Waals surface area contributed by atoms with Gasteiger partial charge < -0.3 is 20.4 Å². The van der Waals surface area contributed by atoms with Crippen molar-refractivity contribution in [3.8, 4) is 0 Å². The van der Waals surface area contributed by atoms with Crippen LogP contribution in [0.25, 0.3) is 0 Å². The van der Waals surface area contributed by atoms with Crippen LogP contribution in [0.3, 0.4) is 0 Å². The van der Waals surface area contributed by atoms with Gasteiger partial charge in [-0.05, 0) is 37.7 Å². The average molecular weight is 351 g/mol. The minimum atomic E-state index is -0.164. The third-order valence-electron chi connectivity index (χ3n) is 5.31.